The number of likely N-dealkylation sites (tertiary alicyclic amines) is 1. The van der Waals surface area contributed by atoms with E-state index in [1.54, 1.807) is 13.3 Å². The Balaban J connectivity index is 1.34. The van der Waals surface area contributed by atoms with Gasteiger partial charge in [0.1, 0.15) is 10.8 Å². The molecule has 1 saturated heterocycles. The van der Waals surface area contributed by atoms with Gasteiger partial charge in [-0.2, -0.15) is 0 Å². The summed E-state index contributed by atoms with van der Waals surface area (Å²) >= 11 is 3.02. The summed E-state index contributed by atoms with van der Waals surface area (Å²) in [5.41, 5.74) is 0. The molecule has 1 aliphatic heterocycles. The van der Waals surface area contributed by atoms with Crippen molar-refractivity contribution in [1.82, 2.24) is 20.1 Å². The highest BCUT2D eigenvalue weighted by molar-refractivity contribution is 8.01. The fraction of sp³-hybridized carbons (Fsp3) is 0.579. The van der Waals surface area contributed by atoms with E-state index < -0.39 is 0 Å². The van der Waals surface area contributed by atoms with Gasteiger partial charge in [-0.25, -0.2) is 4.98 Å². The van der Waals surface area contributed by atoms with E-state index in [-0.39, 0.29) is 18.1 Å². The minimum Gasteiger partial charge on any atom is -0.379 e. The highest BCUT2D eigenvalue weighted by atomic mass is 32.2. The Bertz CT molecular complexity index is 803. The van der Waals surface area contributed by atoms with Crippen molar-refractivity contribution in [2.75, 3.05) is 31.3 Å². The molecule has 1 saturated carbocycles. The number of aryl methyl sites for hydroxylation is 1. The molecule has 150 valence electrons. The molecule has 1 amide bonds. The van der Waals surface area contributed by atoms with Crippen molar-refractivity contribution < 1.29 is 9.53 Å². The monoisotopic (exact) mass is 419 g/mol. The molecule has 4 rings (SSSR count). The number of fused-ring (bicyclic) bond motifs is 1. The van der Waals surface area contributed by atoms with Crippen LogP contribution in [0.2, 0.25) is 0 Å². The van der Waals surface area contributed by atoms with Gasteiger partial charge in [0.05, 0.1) is 17.9 Å². The number of hydrogen-bond donors (Lipinski definition) is 1. The lowest BCUT2D eigenvalue weighted by Gasteiger charge is -2.37. The number of amides is 1. The van der Waals surface area contributed by atoms with Gasteiger partial charge < -0.3 is 15.0 Å². The summed E-state index contributed by atoms with van der Waals surface area (Å²) < 4.78 is 6.64. The maximum Gasteiger partial charge on any atom is 0.233 e. The third kappa shape index (κ3) is 4.47. The van der Waals surface area contributed by atoms with Gasteiger partial charge in [-0.15, -0.1) is 10.2 Å². The van der Waals surface area contributed by atoms with Crippen LogP contribution in [0, 0.1) is 18.8 Å². The fourth-order valence-corrected chi connectivity index (χ4v) is 5.94. The molecule has 7 nitrogen and oxygen atoms in total. The van der Waals surface area contributed by atoms with Crippen LogP contribution >= 0.6 is 23.1 Å². The van der Waals surface area contributed by atoms with Gasteiger partial charge in [-0.3, -0.25) is 4.79 Å². The third-order valence-electron chi connectivity index (χ3n) is 5.60. The standard InChI is InChI=1S/C19H25N5O2S2/c1-12-22-23-19(28-12)27-11-18(25)24-9-13-7-15(16(26-2)8-14(13)10-24)21-17-5-3-4-6-20-17/h3-6,13-16H,7-11H2,1-2H3,(H,20,21)/t13-,14+,15-,16-/m1/s1. The van der Waals surface area contributed by atoms with Gasteiger partial charge in [0.25, 0.3) is 0 Å². The Kier molecular flexibility index (Phi) is 6.13. The number of aromatic nitrogens is 3. The highest BCUT2D eigenvalue weighted by Crippen LogP contribution is 2.38. The molecule has 0 radical (unpaired) electrons. The van der Waals surface area contributed by atoms with Crippen molar-refractivity contribution in [1.29, 1.82) is 0 Å². The summed E-state index contributed by atoms with van der Waals surface area (Å²) in [6, 6.07) is 6.10. The van der Waals surface area contributed by atoms with Crippen LogP contribution in [-0.4, -0.2) is 64.1 Å². The lowest BCUT2D eigenvalue weighted by atomic mass is 9.77. The van der Waals surface area contributed by atoms with Crippen LogP contribution in [-0.2, 0) is 9.53 Å². The van der Waals surface area contributed by atoms with E-state index in [4.69, 9.17) is 4.74 Å². The number of rotatable bonds is 6. The molecule has 2 aliphatic rings. The zero-order valence-electron chi connectivity index (χ0n) is 16.1. The zero-order chi connectivity index (χ0) is 19.5. The number of hydrogen-bond acceptors (Lipinski definition) is 8. The Morgan fingerprint density at radius 2 is 2.14 bits per heavy atom. The van der Waals surface area contributed by atoms with E-state index in [1.165, 1.54) is 23.1 Å². The lowest BCUT2D eigenvalue weighted by molar-refractivity contribution is -0.127. The fourth-order valence-electron chi connectivity index (χ4n) is 4.22. The van der Waals surface area contributed by atoms with Gasteiger partial charge in [-0.1, -0.05) is 29.2 Å². The summed E-state index contributed by atoms with van der Waals surface area (Å²) in [6.45, 7) is 3.59. The van der Waals surface area contributed by atoms with Crippen LogP contribution in [0.3, 0.4) is 0 Å². The Labute approximate surface area is 173 Å². The molecule has 1 aliphatic carbocycles. The number of ether oxygens (including phenoxy) is 1. The molecule has 0 aromatic carbocycles. The quantitative estimate of drug-likeness (QED) is 0.721. The molecule has 0 spiro atoms. The number of anilines is 1. The molecule has 3 heterocycles. The Morgan fingerprint density at radius 3 is 2.82 bits per heavy atom. The molecule has 2 fully saturated rings. The van der Waals surface area contributed by atoms with Crippen molar-refractivity contribution in [3.05, 3.63) is 29.4 Å². The second-order valence-electron chi connectivity index (χ2n) is 7.41. The molecule has 4 atom stereocenters. The number of thioether (sulfide) groups is 1. The van der Waals surface area contributed by atoms with Crippen LogP contribution in [0.5, 0.6) is 0 Å². The molecular weight excluding hydrogens is 394 g/mol. The normalized spacial score (nSPS) is 26.9. The summed E-state index contributed by atoms with van der Waals surface area (Å²) in [5, 5.41) is 12.6. The minimum atomic E-state index is 0.136. The second-order valence-corrected chi connectivity index (χ2v) is 9.81. The maximum atomic E-state index is 12.7. The molecule has 2 aromatic heterocycles. The van der Waals surface area contributed by atoms with E-state index in [0.29, 0.717) is 17.6 Å². The van der Waals surface area contributed by atoms with E-state index in [1.807, 2.05) is 30.0 Å². The first-order valence-corrected chi connectivity index (χ1v) is 11.3. The number of nitrogens with one attached hydrogen (secondary N) is 1. The molecule has 2 aromatic rings. The van der Waals surface area contributed by atoms with Gasteiger partial charge in [0.15, 0.2) is 4.34 Å². The molecule has 0 bridgehead atoms. The van der Waals surface area contributed by atoms with E-state index >= 15 is 0 Å². The van der Waals surface area contributed by atoms with E-state index in [0.717, 1.165) is 41.1 Å². The predicted octanol–water partition coefficient (Wildman–Crippen LogP) is 2.70. The highest BCUT2D eigenvalue weighted by Gasteiger charge is 2.43. The summed E-state index contributed by atoms with van der Waals surface area (Å²) in [5.74, 6) is 2.50. The van der Waals surface area contributed by atoms with E-state index in [2.05, 4.69) is 20.5 Å². The molecule has 0 unspecified atom stereocenters. The average molecular weight is 420 g/mol. The van der Waals surface area contributed by atoms with Gasteiger partial charge in [-0.05, 0) is 43.7 Å². The lowest BCUT2D eigenvalue weighted by Crippen LogP contribution is -2.44. The molecular formula is C19H25N5O2S2. The first-order chi connectivity index (χ1) is 13.6. The first kappa shape index (κ1) is 19.6. The van der Waals surface area contributed by atoms with Crippen LogP contribution in [0.25, 0.3) is 0 Å². The second kappa shape index (κ2) is 8.75. The smallest absolute Gasteiger partial charge is 0.233 e. The molecule has 1 N–H and O–H groups in total. The number of methoxy groups -OCH3 is 1. The zero-order valence-corrected chi connectivity index (χ0v) is 17.7. The van der Waals surface area contributed by atoms with Gasteiger partial charge in [0, 0.05) is 26.4 Å². The van der Waals surface area contributed by atoms with Crippen LogP contribution in [0.1, 0.15) is 17.8 Å². The Hall–Kier alpha value is -1.71. The summed E-state index contributed by atoms with van der Waals surface area (Å²) in [7, 11) is 1.77. The third-order valence-corrected chi connectivity index (χ3v) is 7.55. The number of nitrogens with zero attached hydrogens (tertiary/aromatic N) is 4. The maximum absolute atomic E-state index is 12.7. The number of pyridine rings is 1. The summed E-state index contributed by atoms with van der Waals surface area (Å²) in [6.07, 6.45) is 3.89. The van der Waals surface area contributed by atoms with Crippen molar-refractivity contribution >= 4 is 34.8 Å². The first-order valence-electron chi connectivity index (χ1n) is 9.53. The van der Waals surface area contributed by atoms with Crippen molar-refractivity contribution in [2.45, 2.75) is 36.3 Å². The predicted molar refractivity (Wildman–Crippen MR) is 111 cm³/mol. The van der Waals surface area contributed by atoms with Crippen LogP contribution in [0.15, 0.2) is 28.7 Å². The van der Waals surface area contributed by atoms with Crippen molar-refractivity contribution in [3.63, 3.8) is 0 Å². The minimum absolute atomic E-state index is 0.136. The largest absolute Gasteiger partial charge is 0.379 e. The van der Waals surface area contributed by atoms with Crippen molar-refractivity contribution in [3.8, 4) is 0 Å². The Morgan fingerprint density at radius 1 is 1.32 bits per heavy atom. The number of carbonyl (C=O) groups is 1. The number of carbonyl (C=O) groups excluding carboxylic acids is 1. The van der Waals surface area contributed by atoms with Crippen LogP contribution < -0.4 is 5.32 Å². The SMILES string of the molecule is CO[C@@H]1C[C@H]2CN(C(=O)CSc3nnc(C)s3)C[C@H]2C[C@H]1Nc1ccccn1. The topological polar surface area (TPSA) is 80.2 Å². The molecule has 9 heteroatoms. The van der Waals surface area contributed by atoms with Crippen LogP contribution in [0.4, 0.5) is 5.82 Å². The van der Waals surface area contributed by atoms with Gasteiger partial charge >= 0.3 is 0 Å². The molecule has 28 heavy (non-hydrogen) atoms. The van der Waals surface area contributed by atoms with Crippen molar-refractivity contribution in [2.24, 2.45) is 11.8 Å². The summed E-state index contributed by atoms with van der Waals surface area (Å²) in [4.78, 5) is 19.1. The average Bonchev–Trinajstić information content (AvgIpc) is 3.31. The van der Waals surface area contributed by atoms with E-state index in [9.17, 15) is 4.79 Å². The van der Waals surface area contributed by atoms with Gasteiger partial charge in [0.2, 0.25) is 5.91 Å².